The van der Waals surface area contributed by atoms with E-state index in [0.29, 0.717) is 12.8 Å². The summed E-state index contributed by atoms with van der Waals surface area (Å²) >= 11 is 5.21. The predicted molar refractivity (Wildman–Crippen MR) is 79.9 cm³/mol. The fourth-order valence-electron chi connectivity index (χ4n) is 3.00. The predicted octanol–water partition coefficient (Wildman–Crippen LogP) is 7.19. The first-order valence-corrected chi connectivity index (χ1v) is 8.76. The van der Waals surface area contributed by atoms with E-state index < -0.39 is 29.1 Å². The van der Waals surface area contributed by atoms with E-state index in [1.54, 1.807) is 0 Å². The molecule has 0 heterocycles. The lowest BCUT2D eigenvalue weighted by Gasteiger charge is -2.55. The van der Waals surface area contributed by atoms with Crippen molar-refractivity contribution in [1.29, 1.82) is 0 Å². The molecule has 1 saturated carbocycles. The highest BCUT2D eigenvalue weighted by Crippen LogP contribution is 2.71. The zero-order valence-corrected chi connectivity index (χ0v) is 14.2. The van der Waals surface area contributed by atoms with Gasteiger partial charge in [-0.1, -0.05) is 71.1 Å². The van der Waals surface area contributed by atoms with E-state index in [1.165, 1.54) is 19.3 Å². The monoisotopic (exact) mass is 366 g/mol. The fraction of sp³-hybridized carbons (Fsp3) is 1.00. The number of hydrogen-bond donors (Lipinski definition) is 0. The second-order valence-electron chi connectivity index (χ2n) is 6.46. The Morgan fingerprint density at radius 1 is 0.565 bits per heavy atom. The molecule has 23 heavy (non-hydrogen) atoms. The van der Waals surface area contributed by atoms with E-state index in [-0.39, 0.29) is 6.42 Å². The molecule has 0 unspecified atom stereocenters. The number of rotatable bonds is 11. The van der Waals surface area contributed by atoms with E-state index >= 15 is 0 Å². The van der Waals surface area contributed by atoms with Crippen LogP contribution in [0, 0.1) is 0 Å². The molecule has 0 bridgehead atoms. The van der Waals surface area contributed by atoms with Crippen LogP contribution in [-0.2, 0) is 0 Å². The van der Waals surface area contributed by atoms with Crippen molar-refractivity contribution in [3.05, 3.63) is 0 Å². The van der Waals surface area contributed by atoms with Crippen LogP contribution in [0.2, 0.25) is 0 Å². The molecule has 7 heteroatoms. The van der Waals surface area contributed by atoms with Crippen LogP contribution in [0.5, 0.6) is 0 Å². The average molecular weight is 367 g/mol. The molecular formula is C16H25ClF6. The average Bonchev–Trinajstić information content (AvgIpc) is 2.47. The minimum absolute atomic E-state index is 0.000590. The molecule has 0 amide bonds. The molecular weight excluding hydrogens is 342 g/mol. The standard InChI is InChI=1S/C16H25ClF6/c1-2-3-4-5-6-7-8-9-10-11-12-13(17)14(18,19)16(22,23)15(13,20)21/h2-12H2,1H3. The Morgan fingerprint density at radius 2 is 0.913 bits per heavy atom. The van der Waals surface area contributed by atoms with Gasteiger partial charge in [-0.05, 0) is 6.42 Å². The first-order valence-electron chi connectivity index (χ1n) is 8.38. The van der Waals surface area contributed by atoms with E-state index in [1.807, 2.05) is 0 Å². The molecule has 1 fully saturated rings. The van der Waals surface area contributed by atoms with Gasteiger partial charge in [0.05, 0.1) is 0 Å². The van der Waals surface area contributed by atoms with Crippen molar-refractivity contribution < 1.29 is 26.3 Å². The zero-order valence-electron chi connectivity index (χ0n) is 13.4. The van der Waals surface area contributed by atoms with E-state index in [4.69, 9.17) is 11.6 Å². The van der Waals surface area contributed by atoms with Crippen molar-refractivity contribution in [2.45, 2.75) is 100 Å². The first-order chi connectivity index (χ1) is 10.6. The van der Waals surface area contributed by atoms with Gasteiger partial charge in [0.15, 0.2) is 4.87 Å². The molecule has 138 valence electrons. The minimum atomic E-state index is -5.36. The molecule has 1 rings (SSSR count). The van der Waals surface area contributed by atoms with Gasteiger partial charge in [-0.15, -0.1) is 11.6 Å². The van der Waals surface area contributed by atoms with E-state index in [9.17, 15) is 26.3 Å². The second kappa shape index (κ2) is 7.83. The van der Waals surface area contributed by atoms with Crippen LogP contribution in [-0.4, -0.2) is 22.6 Å². The molecule has 0 aromatic carbocycles. The third kappa shape index (κ3) is 3.62. The van der Waals surface area contributed by atoms with Crippen molar-refractivity contribution in [1.82, 2.24) is 0 Å². The lowest BCUT2D eigenvalue weighted by Crippen LogP contribution is -2.83. The zero-order chi connectivity index (χ0) is 17.8. The van der Waals surface area contributed by atoms with Gasteiger partial charge in [-0.2, -0.15) is 26.3 Å². The quantitative estimate of drug-likeness (QED) is 0.206. The smallest absolute Gasteiger partial charge is 0.197 e. The maximum Gasteiger partial charge on any atom is 0.376 e. The number of hydrogen-bond acceptors (Lipinski definition) is 0. The molecule has 0 atom stereocenters. The molecule has 0 aliphatic heterocycles. The van der Waals surface area contributed by atoms with Gasteiger partial charge in [0.2, 0.25) is 0 Å². The van der Waals surface area contributed by atoms with Crippen LogP contribution in [0.3, 0.4) is 0 Å². The molecule has 0 aromatic rings. The van der Waals surface area contributed by atoms with Gasteiger partial charge < -0.3 is 0 Å². The Hall–Kier alpha value is -0.130. The molecule has 1 aliphatic carbocycles. The molecule has 0 spiro atoms. The molecule has 0 N–H and O–H groups in total. The van der Waals surface area contributed by atoms with Gasteiger partial charge in [-0.25, -0.2) is 0 Å². The summed E-state index contributed by atoms with van der Waals surface area (Å²) in [6, 6.07) is 0. The Kier molecular flexibility index (Phi) is 7.12. The first kappa shape index (κ1) is 20.9. The lowest BCUT2D eigenvalue weighted by atomic mass is 9.69. The maximum absolute atomic E-state index is 13.3. The summed E-state index contributed by atoms with van der Waals surface area (Å²) in [6.07, 6.45) is 8.11. The van der Waals surface area contributed by atoms with Crippen LogP contribution in [0.15, 0.2) is 0 Å². The molecule has 0 radical (unpaired) electrons. The Balaban J connectivity index is 2.21. The van der Waals surface area contributed by atoms with Crippen LogP contribution in [0.4, 0.5) is 26.3 Å². The van der Waals surface area contributed by atoms with Crippen LogP contribution in [0.1, 0.15) is 77.6 Å². The molecule has 0 saturated heterocycles. The van der Waals surface area contributed by atoms with Gasteiger partial charge >= 0.3 is 17.8 Å². The largest absolute Gasteiger partial charge is 0.376 e. The summed E-state index contributed by atoms with van der Waals surface area (Å²) in [4.78, 5) is -3.45. The highest BCUT2D eigenvalue weighted by atomic mass is 35.5. The van der Waals surface area contributed by atoms with Crippen molar-refractivity contribution in [3.8, 4) is 0 Å². The summed E-state index contributed by atoms with van der Waals surface area (Å²) in [5.74, 6) is -15.1. The SMILES string of the molecule is CCCCCCCCCCCCC1(Cl)C(F)(F)C(F)(F)C1(F)F. The Morgan fingerprint density at radius 3 is 1.30 bits per heavy atom. The van der Waals surface area contributed by atoms with Gasteiger partial charge in [-0.3, -0.25) is 0 Å². The van der Waals surface area contributed by atoms with Crippen LogP contribution in [0.25, 0.3) is 0 Å². The summed E-state index contributed by atoms with van der Waals surface area (Å²) in [5.41, 5.74) is 0. The van der Waals surface area contributed by atoms with Crippen LogP contribution >= 0.6 is 11.6 Å². The number of unbranched alkanes of at least 4 members (excludes halogenated alkanes) is 9. The van der Waals surface area contributed by atoms with Gasteiger partial charge in [0.1, 0.15) is 0 Å². The Labute approximate surface area is 139 Å². The second-order valence-corrected chi connectivity index (χ2v) is 7.10. The normalized spacial score (nSPS) is 23.5. The summed E-state index contributed by atoms with van der Waals surface area (Å²) in [5, 5.41) is 0. The van der Waals surface area contributed by atoms with Crippen molar-refractivity contribution >= 4 is 11.6 Å². The highest BCUT2D eigenvalue weighted by molar-refractivity contribution is 6.26. The minimum Gasteiger partial charge on any atom is -0.197 e. The van der Waals surface area contributed by atoms with E-state index in [2.05, 4.69) is 6.92 Å². The topological polar surface area (TPSA) is 0 Å². The third-order valence-corrected chi connectivity index (χ3v) is 5.32. The van der Waals surface area contributed by atoms with Crippen molar-refractivity contribution in [3.63, 3.8) is 0 Å². The van der Waals surface area contributed by atoms with Crippen molar-refractivity contribution in [2.24, 2.45) is 0 Å². The van der Waals surface area contributed by atoms with Crippen LogP contribution < -0.4 is 0 Å². The fourth-order valence-corrected chi connectivity index (χ4v) is 3.37. The summed E-state index contributed by atoms with van der Waals surface area (Å²) < 4.78 is 78.7. The number of halogens is 7. The lowest BCUT2D eigenvalue weighted by molar-refractivity contribution is -0.423. The molecule has 1 aliphatic rings. The Bertz CT molecular complexity index is 352. The molecule has 0 nitrogen and oxygen atoms in total. The maximum atomic E-state index is 13.3. The third-order valence-electron chi connectivity index (χ3n) is 4.66. The van der Waals surface area contributed by atoms with Crippen molar-refractivity contribution in [2.75, 3.05) is 0 Å². The summed E-state index contributed by atoms with van der Waals surface area (Å²) in [7, 11) is 0. The highest BCUT2D eigenvalue weighted by Gasteiger charge is 2.97. The van der Waals surface area contributed by atoms with E-state index in [0.717, 1.165) is 25.7 Å². The number of alkyl halides is 7. The van der Waals surface area contributed by atoms with Gasteiger partial charge in [0, 0.05) is 0 Å². The summed E-state index contributed by atoms with van der Waals surface area (Å²) in [6.45, 7) is 2.13. The molecule has 0 aromatic heterocycles. The van der Waals surface area contributed by atoms with Gasteiger partial charge in [0.25, 0.3) is 0 Å².